The summed E-state index contributed by atoms with van der Waals surface area (Å²) in [5.74, 6) is 2.88. The van der Waals surface area contributed by atoms with Crippen LogP contribution in [0.3, 0.4) is 0 Å². The Morgan fingerprint density at radius 2 is 1.79 bits per heavy atom. The van der Waals surface area contributed by atoms with Crippen LogP contribution in [0.5, 0.6) is 11.5 Å². The molecule has 3 heterocycles. The molecule has 170 valence electrons. The van der Waals surface area contributed by atoms with Crippen molar-refractivity contribution in [1.82, 2.24) is 19.3 Å². The maximum absolute atomic E-state index is 13.3. The van der Waals surface area contributed by atoms with Gasteiger partial charge in [0.25, 0.3) is 5.56 Å². The zero-order valence-corrected chi connectivity index (χ0v) is 19.4. The van der Waals surface area contributed by atoms with Gasteiger partial charge in [-0.1, -0.05) is 36.4 Å². The van der Waals surface area contributed by atoms with E-state index in [4.69, 9.17) is 14.5 Å². The topological polar surface area (TPSA) is 71.2 Å². The number of hydrogen-bond acceptors (Lipinski definition) is 6. The molecule has 0 saturated carbocycles. The van der Waals surface area contributed by atoms with E-state index in [1.807, 2.05) is 54.6 Å². The maximum atomic E-state index is 13.3. The Labute approximate surface area is 196 Å². The minimum absolute atomic E-state index is 0.0891. The fourth-order valence-corrected chi connectivity index (χ4v) is 5.03. The van der Waals surface area contributed by atoms with E-state index in [0.717, 1.165) is 66.0 Å². The van der Waals surface area contributed by atoms with Crippen molar-refractivity contribution in [2.75, 3.05) is 19.5 Å². The summed E-state index contributed by atoms with van der Waals surface area (Å²) < 4.78 is 14.8. The largest absolute Gasteiger partial charge is 0.497 e. The maximum Gasteiger partial charge on any atom is 0.284 e. The van der Waals surface area contributed by atoms with Crippen LogP contribution in [0, 0.1) is 0 Å². The zero-order valence-electron chi connectivity index (χ0n) is 18.6. The van der Waals surface area contributed by atoms with E-state index in [1.165, 1.54) is 4.68 Å². The van der Waals surface area contributed by atoms with E-state index in [1.54, 1.807) is 18.9 Å². The van der Waals surface area contributed by atoms with E-state index in [9.17, 15) is 4.79 Å². The number of rotatable bonds is 7. The van der Waals surface area contributed by atoms with Crippen LogP contribution in [0.2, 0.25) is 0 Å². The number of methoxy groups -OCH3 is 1. The predicted molar refractivity (Wildman–Crippen MR) is 129 cm³/mol. The first-order valence-electron chi connectivity index (χ1n) is 11.2. The Bertz CT molecular complexity index is 1250. The molecule has 33 heavy (non-hydrogen) atoms. The van der Waals surface area contributed by atoms with Crippen molar-refractivity contribution in [2.45, 2.75) is 37.4 Å². The number of nitrogens with zero attached hydrogens (tertiary/aromatic N) is 4. The summed E-state index contributed by atoms with van der Waals surface area (Å²) in [6, 6.07) is 17.1. The second-order valence-electron chi connectivity index (χ2n) is 7.93. The van der Waals surface area contributed by atoms with Crippen molar-refractivity contribution in [3.05, 3.63) is 70.6 Å². The van der Waals surface area contributed by atoms with Crippen LogP contribution in [0.15, 0.2) is 64.5 Å². The molecule has 0 spiro atoms. The Balaban J connectivity index is 1.41. The van der Waals surface area contributed by atoms with Crippen LogP contribution in [-0.2, 0) is 13.0 Å². The van der Waals surface area contributed by atoms with Gasteiger partial charge in [0.1, 0.15) is 17.1 Å². The monoisotopic (exact) mass is 462 g/mol. The summed E-state index contributed by atoms with van der Waals surface area (Å²) in [6.07, 6.45) is 4.17. The van der Waals surface area contributed by atoms with E-state index in [0.29, 0.717) is 18.0 Å². The molecule has 0 N–H and O–H groups in total. The van der Waals surface area contributed by atoms with Crippen molar-refractivity contribution in [3.63, 3.8) is 0 Å². The van der Waals surface area contributed by atoms with Gasteiger partial charge in [0.05, 0.1) is 19.4 Å². The number of hydrogen-bond donors (Lipinski definition) is 0. The third kappa shape index (κ3) is 4.48. The minimum Gasteiger partial charge on any atom is -0.497 e. The summed E-state index contributed by atoms with van der Waals surface area (Å²) in [5.41, 5.74) is 2.38. The van der Waals surface area contributed by atoms with Gasteiger partial charge < -0.3 is 14.0 Å². The lowest BCUT2D eigenvalue weighted by Gasteiger charge is -2.17. The molecule has 2 aromatic carbocycles. The predicted octanol–water partition coefficient (Wildman–Crippen LogP) is 4.44. The lowest BCUT2D eigenvalue weighted by Crippen LogP contribution is -2.19. The SMILES string of the molecule is COc1ccc(OCCSc2nc3nn(-c4ccccc4)c(=O)c-3c3n2CCCCC3)cc1. The fraction of sp³-hybridized carbons (Fsp3) is 0.320. The smallest absolute Gasteiger partial charge is 0.284 e. The second-order valence-corrected chi connectivity index (χ2v) is 8.99. The highest BCUT2D eigenvalue weighted by Gasteiger charge is 2.27. The molecule has 0 amide bonds. The first-order valence-corrected chi connectivity index (χ1v) is 12.2. The van der Waals surface area contributed by atoms with E-state index < -0.39 is 0 Å². The summed E-state index contributed by atoms with van der Waals surface area (Å²) >= 11 is 1.65. The molecule has 0 unspecified atom stereocenters. The van der Waals surface area contributed by atoms with Crippen LogP contribution in [0.1, 0.15) is 25.0 Å². The fourth-order valence-electron chi connectivity index (χ4n) is 4.17. The molecule has 7 nitrogen and oxygen atoms in total. The first kappa shape index (κ1) is 21.6. The van der Waals surface area contributed by atoms with Gasteiger partial charge in [-0.05, 0) is 55.7 Å². The standard InChI is InChI=1S/C25H26N4O3S/c1-31-19-11-13-20(14-12-19)32-16-17-33-25-26-23-22(21-10-6-3-7-15-28(21)25)24(30)29(27-23)18-8-4-2-5-9-18/h2,4-5,8-9,11-14H,3,6-7,10,15-17H2,1H3. The van der Waals surface area contributed by atoms with Crippen molar-refractivity contribution < 1.29 is 9.47 Å². The molecule has 5 rings (SSSR count). The first-order chi connectivity index (χ1) is 16.2. The van der Waals surface area contributed by atoms with Crippen LogP contribution in [0.25, 0.3) is 17.1 Å². The summed E-state index contributed by atoms with van der Waals surface area (Å²) in [5, 5.41) is 5.50. The molecule has 0 bridgehead atoms. The van der Waals surface area contributed by atoms with Crippen LogP contribution in [-0.4, -0.2) is 38.8 Å². The Kier molecular flexibility index (Phi) is 6.35. The van der Waals surface area contributed by atoms with Gasteiger partial charge in [-0.2, -0.15) is 4.68 Å². The van der Waals surface area contributed by atoms with Gasteiger partial charge in [-0.25, -0.2) is 4.98 Å². The minimum atomic E-state index is -0.0891. The Morgan fingerprint density at radius 1 is 1.00 bits per heavy atom. The summed E-state index contributed by atoms with van der Waals surface area (Å²) in [4.78, 5) is 18.1. The molecule has 3 aliphatic heterocycles. The van der Waals surface area contributed by atoms with Gasteiger partial charge in [-0.3, -0.25) is 4.79 Å². The number of fused-ring (bicyclic) bond motifs is 3. The van der Waals surface area contributed by atoms with E-state index in [2.05, 4.69) is 9.67 Å². The average Bonchev–Trinajstić information content (AvgIpc) is 3.02. The Hall–Kier alpha value is -3.26. The molecule has 0 atom stereocenters. The lowest BCUT2D eigenvalue weighted by molar-refractivity contribution is 0.342. The molecule has 0 aromatic heterocycles. The van der Waals surface area contributed by atoms with Gasteiger partial charge in [0.2, 0.25) is 0 Å². The van der Waals surface area contributed by atoms with Crippen molar-refractivity contribution in [2.24, 2.45) is 0 Å². The average molecular weight is 463 g/mol. The highest BCUT2D eigenvalue weighted by Crippen LogP contribution is 2.30. The third-order valence-electron chi connectivity index (χ3n) is 5.81. The molecule has 0 aliphatic carbocycles. The van der Waals surface area contributed by atoms with Gasteiger partial charge >= 0.3 is 0 Å². The molecule has 0 saturated heterocycles. The van der Waals surface area contributed by atoms with E-state index in [-0.39, 0.29) is 5.56 Å². The van der Waals surface area contributed by atoms with Crippen molar-refractivity contribution in [3.8, 4) is 28.6 Å². The molecule has 2 aromatic rings. The van der Waals surface area contributed by atoms with Crippen LogP contribution < -0.4 is 15.0 Å². The lowest BCUT2D eigenvalue weighted by atomic mass is 10.1. The number of thioether (sulfide) groups is 1. The normalized spacial score (nSPS) is 13.5. The van der Waals surface area contributed by atoms with Crippen molar-refractivity contribution in [1.29, 1.82) is 0 Å². The third-order valence-corrected chi connectivity index (χ3v) is 6.75. The highest BCUT2D eigenvalue weighted by atomic mass is 32.2. The van der Waals surface area contributed by atoms with Gasteiger partial charge in [0, 0.05) is 18.0 Å². The summed E-state index contributed by atoms with van der Waals surface area (Å²) in [7, 11) is 1.65. The quantitative estimate of drug-likeness (QED) is 0.230. The van der Waals surface area contributed by atoms with Gasteiger partial charge in [0.15, 0.2) is 11.0 Å². The number of aromatic nitrogens is 4. The molecular formula is C25H26N4O3S. The van der Waals surface area contributed by atoms with Crippen LogP contribution >= 0.6 is 11.8 Å². The summed E-state index contributed by atoms with van der Waals surface area (Å²) in [6.45, 7) is 1.42. The van der Waals surface area contributed by atoms with Gasteiger partial charge in [-0.15, -0.1) is 5.10 Å². The number of para-hydroxylation sites is 1. The zero-order chi connectivity index (χ0) is 22.6. The molecule has 3 aliphatic rings. The molecule has 0 radical (unpaired) electrons. The Morgan fingerprint density at radius 3 is 2.58 bits per heavy atom. The molecular weight excluding hydrogens is 436 g/mol. The van der Waals surface area contributed by atoms with E-state index >= 15 is 0 Å². The number of ether oxygens (including phenoxy) is 2. The van der Waals surface area contributed by atoms with Crippen LogP contribution in [0.4, 0.5) is 0 Å². The van der Waals surface area contributed by atoms with Crippen molar-refractivity contribution >= 4 is 11.8 Å². The highest BCUT2D eigenvalue weighted by molar-refractivity contribution is 7.99. The number of benzene rings is 2. The second kappa shape index (κ2) is 9.70. The molecule has 0 fully saturated rings. The molecule has 8 heteroatoms.